The summed E-state index contributed by atoms with van der Waals surface area (Å²) in [6.07, 6.45) is 0.304. The molecule has 1 atom stereocenters. The number of hydrogen-bond donors (Lipinski definition) is 2. The van der Waals surface area contributed by atoms with Gasteiger partial charge in [0, 0.05) is 13.0 Å². The first-order valence-electron chi connectivity index (χ1n) is 4.72. The number of carboxylic acids is 1. The molecule has 0 saturated heterocycles. The van der Waals surface area contributed by atoms with Crippen LogP contribution in [0, 0.1) is 5.92 Å². The van der Waals surface area contributed by atoms with Crippen molar-refractivity contribution in [2.75, 3.05) is 13.2 Å². The average Bonchev–Trinajstić information content (AvgIpc) is 2.12. The summed E-state index contributed by atoms with van der Waals surface area (Å²) >= 11 is 0. The smallest absolute Gasteiger partial charge is 0.407 e. The Morgan fingerprint density at radius 3 is 2.50 bits per heavy atom. The highest BCUT2D eigenvalue weighted by atomic mass is 16.5. The third-order valence-corrected chi connectivity index (χ3v) is 1.85. The number of rotatable bonds is 6. The number of alkyl carbamates (subject to hydrolysis) is 1. The number of carboxylic acid groups (broad SMARTS) is 1. The summed E-state index contributed by atoms with van der Waals surface area (Å²) in [7, 11) is 0. The minimum absolute atomic E-state index is 0.0306. The van der Waals surface area contributed by atoms with E-state index >= 15 is 0 Å². The zero-order valence-electron chi connectivity index (χ0n) is 8.58. The molecule has 1 amide bonds. The Morgan fingerprint density at radius 2 is 2.07 bits per heavy atom. The molecule has 0 aromatic heterocycles. The third-order valence-electron chi connectivity index (χ3n) is 1.85. The van der Waals surface area contributed by atoms with Gasteiger partial charge >= 0.3 is 12.1 Å². The molecule has 82 valence electrons. The van der Waals surface area contributed by atoms with Gasteiger partial charge in [0.1, 0.15) is 0 Å². The monoisotopic (exact) mass is 203 g/mol. The fourth-order valence-electron chi connectivity index (χ4n) is 1.02. The first-order valence-corrected chi connectivity index (χ1v) is 4.72. The third kappa shape index (κ3) is 6.28. The molecule has 0 fully saturated rings. The molecule has 0 saturated carbocycles. The molecule has 5 nitrogen and oxygen atoms in total. The van der Waals surface area contributed by atoms with Crippen molar-refractivity contribution in [1.82, 2.24) is 5.32 Å². The minimum Gasteiger partial charge on any atom is -0.481 e. The van der Waals surface area contributed by atoms with Crippen molar-refractivity contribution in [2.45, 2.75) is 26.7 Å². The van der Waals surface area contributed by atoms with E-state index < -0.39 is 12.1 Å². The second kappa shape index (κ2) is 7.17. The van der Waals surface area contributed by atoms with Crippen LogP contribution < -0.4 is 5.32 Å². The first-order chi connectivity index (χ1) is 6.60. The largest absolute Gasteiger partial charge is 0.481 e. The lowest BCUT2D eigenvalue weighted by Crippen LogP contribution is -2.30. The second-order valence-corrected chi connectivity index (χ2v) is 2.97. The Balaban J connectivity index is 3.71. The summed E-state index contributed by atoms with van der Waals surface area (Å²) in [6, 6.07) is 0. The standard InChI is InChI=1S/C9H17NO4/c1-3-7(5-8(11)12)6-10-9(13)14-4-2/h7H,3-6H2,1-2H3,(H,10,13)(H,11,12). The van der Waals surface area contributed by atoms with Crippen LogP contribution in [-0.2, 0) is 9.53 Å². The van der Waals surface area contributed by atoms with Crippen molar-refractivity contribution < 1.29 is 19.4 Å². The summed E-state index contributed by atoms with van der Waals surface area (Å²) in [4.78, 5) is 21.3. The van der Waals surface area contributed by atoms with Crippen LogP contribution in [0.25, 0.3) is 0 Å². The predicted molar refractivity (Wildman–Crippen MR) is 51.1 cm³/mol. The van der Waals surface area contributed by atoms with Gasteiger partial charge in [-0.05, 0) is 12.8 Å². The number of carbonyl (C=O) groups excluding carboxylic acids is 1. The number of carbonyl (C=O) groups is 2. The van der Waals surface area contributed by atoms with E-state index in [0.29, 0.717) is 13.2 Å². The summed E-state index contributed by atoms with van der Waals surface area (Å²) in [6.45, 7) is 4.28. The zero-order valence-corrected chi connectivity index (χ0v) is 8.58. The van der Waals surface area contributed by atoms with Crippen molar-refractivity contribution in [2.24, 2.45) is 5.92 Å². The molecule has 0 aromatic carbocycles. The molecule has 0 spiro atoms. The molecular weight excluding hydrogens is 186 g/mol. The van der Waals surface area contributed by atoms with E-state index in [4.69, 9.17) is 5.11 Å². The lowest BCUT2D eigenvalue weighted by atomic mass is 10.0. The molecule has 1 unspecified atom stereocenters. The van der Waals surface area contributed by atoms with Crippen LogP contribution in [0.15, 0.2) is 0 Å². The molecule has 14 heavy (non-hydrogen) atoms. The SMILES string of the molecule is CCOC(=O)NCC(CC)CC(=O)O. The maximum atomic E-state index is 10.9. The summed E-state index contributed by atoms with van der Waals surface area (Å²) in [5.41, 5.74) is 0. The van der Waals surface area contributed by atoms with Crippen molar-refractivity contribution in [3.63, 3.8) is 0 Å². The van der Waals surface area contributed by atoms with Crippen molar-refractivity contribution >= 4 is 12.1 Å². The van der Waals surface area contributed by atoms with E-state index in [-0.39, 0.29) is 12.3 Å². The van der Waals surface area contributed by atoms with E-state index in [1.807, 2.05) is 6.92 Å². The Morgan fingerprint density at radius 1 is 1.43 bits per heavy atom. The van der Waals surface area contributed by atoms with Gasteiger partial charge in [0.2, 0.25) is 0 Å². The van der Waals surface area contributed by atoms with Crippen LogP contribution in [0.2, 0.25) is 0 Å². The van der Waals surface area contributed by atoms with Crippen LogP contribution in [-0.4, -0.2) is 30.3 Å². The topological polar surface area (TPSA) is 75.6 Å². The number of aliphatic carboxylic acids is 1. The van der Waals surface area contributed by atoms with Gasteiger partial charge in [0.15, 0.2) is 0 Å². The van der Waals surface area contributed by atoms with Crippen molar-refractivity contribution in [3.05, 3.63) is 0 Å². The highest BCUT2D eigenvalue weighted by molar-refractivity contribution is 5.68. The summed E-state index contributed by atoms with van der Waals surface area (Å²) in [5, 5.41) is 11.1. The number of ether oxygens (including phenoxy) is 1. The number of amides is 1. The molecule has 5 heteroatoms. The summed E-state index contributed by atoms with van der Waals surface area (Å²) < 4.78 is 4.64. The molecular formula is C9H17NO4. The van der Waals surface area contributed by atoms with E-state index in [1.165, 1.54) is 0 Å². The van der Waals surface area contributed by atoms with Crippen LogP contribution in [0.4, 0.5) is 4.79 Å². The maximum absolute atomic E-state index is 10.9. The molecule has 0 aliphatic rings. The fraction of sp³-hybridized carbons (Fsp3) is 0.778. The Hall–Kier alpha value is -1.26. The minimum atomic E-state index is -0.845. The lowest BCUT2D eigenvalue weighted by molar-refractivity contribution is -0.138. The van der Waals surface area contributed by atoms with Gasteiger partial charge in [-0.15, -0.1) is 0 Å². The maximum Gasteiger partial charge on any atom is 0.407 e. The zero-order chi connectivity index (χ0) is 11.0. The van der Waals surface area contributed by atoms with Gasteiger partial charge in [-0.3, -0.25) is 4.79 Å². The van der Waals surface area contributed by atoms with Gasteiger partial charge in [0.25, 0.3) is 0 Å². The first kappa shape index (κ1) is 12.7. The number of nitrogens with one attached hydrogen (secondary N) is 1. The van der Waals surface area contributed by atoms with Gasteiger partial charge in [-0.1, -0.05) is 13.3 Å². The molecule has 0 bridgehead atoms. The van der Waals surface area contributed by atoms with E-state index in [1.54, 1.807) is 6.92 Å². The van der Waals surface area contributed by atoms with Gasteiger partial charge in [-0.2, -0.15) is 0 Å². The van der Waals surface area contributed by atoms with Crippen LogP contribution in [0.3, 0.4) is 0 Å². The Bertz CT molecular complexity index is 193. The number of hydrogen-bond acceptors (Lipinski definition) is 3. The highest BCUT2D eigenvalue weighted by Gasteiger charge is 2.12. The molecule has 0 aliphatic heterocycles. The Kier molecular flexibility index (Phi) is 6.53. The molecule has 0 aromatic rings. The van der Waals surface area contributed by atoms with Gasteiger partial charge < -0.3 is 15.2 Å². The predicted octanol–water partition coefficient (Wildman–Crippen LogP) is 1.23. The van der Waals surface area contributed by atoms with Gasteiger partial charge in [0.05, 0.1) is 6.61 Å². The molecule has 0 heterocycles. The van der Waals surface area contributed by atoms with Crippen molar-refractivity contribution in [1.29, 1.82) is 0 Å². The normalized spacial score (nSPS) is 11.9. The molecule has 0 aliphatic carbocycles. The van der Waals surface area contributed by atoms with Crippen molar-refractivity contribution in [3.8, 4) is 0 Å². The highest BCUT2D eigenvalue weighted by Crippen LogP contribution is 2.06. The summed E-state index contributed by atoms with van der Waals surface area (Å²) in [5.74, 6) is -0.876. The van der Waals surface area contributed by atoms with Crippen LogP contribution >= 0.6 is 0 Å². The Labute approximate surface area is 83.4 Å². The lowest BCUT2D eigenvalue weighted by Gasteiger charge is -2.12. The molecule has 0 rings (SSSR count). The van der Waals surface area contributed by atoms with Gasteiger partial charge in [-0.25, -0.2) is 4.79 Å². The second-order valence-electron chi connectivity index (χ2n) is 2.97. The fourth-order valence-corrected chi connectivity index (χ4v) is 1.02. The van der Waals surface area contributed by atoms with Crippen LogP contribution in [0.5, 0.6) is 0 Å². The molecule has 0 radical (unpaired) electrons. The van der Waals surface area contributed by atoms with E-state index in [0.717, 1.165) is 6.42 Å². The van der Waals surface area contributed by atoms with E-state index in [9.17, 15) is 9.59 Å². The average molecular weight is 203 g/mol. The van der Waals surface area contributed by atoms with E-state index in [2.05, 4.69) is 10.1 Å². The molecule has 2 N–H and O–H groups in total. The van der Waals surface area contributed by atoms with Crippen LogP contribution in [0.1, 0.15) is 26.7 Å². The quantitative estimate of drug-likeness (QED) is 0.680.